The third kappa shape index (κ3) is 3.01. The summed E-state index contributed by atoms with van der Waals surface area (Å²) in [6.07, 6.45) is -5.79. The van der Waals surface area contributed by atoms with Crippen LogP contribution in [0.3, 0.4) is 0 Å². The van der Waals surface area contributed by atoms with Crippen LogP contribution in [0.2, 0.25) is 0 Å². The molecular formula is C16H21F3O3. The summed E-state index contributed by atoms with van der Waals surface area (Å²) in [5, 5.41) is 0. The van der Waals surface area contributed by atoms with Gasteiger partial charge >= 0.3 is 6.18 Å². The first-order valence-corrected chi connectivity index (χ1v) is 7.03. The molecule has 0 bridgehead atoms. The number of halogens is 3. The molecule has 1 aliphatic rings. The van der Waals surface area contributed by atoms with Crippen LogP contribution in [0.25, 0.3) is 0 Å². The predicted octanol–water partition coefficient (Wildman–Crippen LogP) is 3.52. The Hall–Kier alpha value is -1.46. The first-order chi connectivity index (χ1) is 9.64. The molecule has 0 N–H and O–H groups in total. The topological polar surface area (TPSA) is 51.2 Å². The van der Waals surface area contributed by atoms with Crippen LogP contribution in [0, 0.1) is 22.7 Å². The van der Waals surface area contributed by atoms with Crippen molar-refractivity contribution in [3.63, 3.8) is 0 Å². The van der Waals surface area contributed by atoms with E-state index in [9.17, 15) is 27.6 Å². The van der Waals surface area contributed by atoms with E-state index in [1.807, 2.05) is 0 Å². The van der Waals surface area contributed by atoms with E-state index in [4.69, 9.17) is 0 Å². The fraction of sp³-hybridized carbons (Fsp3) is 0.688. The Balaban J connectivity index is 3.22. The Morgan fingerprint density at radius 3 is 2.05 bits per heavy atom. The number of allylic oxidation sites excluding steroid dienone is 1. The smallest absolute Gasteiger partial charge is 0.298 e. The molecule has 0 aliphatic heterocycles. The quantitative estimate of drug-likeness (QED) is 0.591. The van der Waals surface area contributed by atoms with Crippen molar-refractivity contribution in [3.8, 4) is 0 Å². The van der Waals surface area contributed by atoms with Crippen molar-refractivity contribution in [1.29, 1.82) is 0 Å². The maximum absolute atomic E-state index is 12.5. The predicted molar refractivity (Wildman–Crippen MR) is 75.0 cm³/mol. The second kappa shape index (κ2) is 5.32. The highest BCUT2D eigenvalue weighted by atomic mass is 19.4. The fourth-order valence-corrected chi connectivity index (χ4v) is 2.95. The van der Waals surface area contributed by atoms with Crippen LogP contribution in [0.5, 0.6) is 0 Å². The van der Waals surface area contributed by atoms with E-state index in [2.05, 4.69) is 6.58 Å². The number of hydrogen-bond donors (Lipinski definition) is 0. The SMILES string of the molecule is C=C1C(C(=O)C(C)CC(F)(F)F)C(=O)C(C)(C)C(=O)C1(C)C. The normalized spacial score (nSPS) is 26.0. The van der Waals surface area contributed by atoms with E-state index in [1.165, 1.54) is 13.8 Å². The van der Waals surface area contributed by atoms with Gasteiger partial charge in [-0.2, -0.15) is 13.2 Å². The van der Waals surface area contributed by atoms with E-state index in [0.717, 1.165) is 6.92 Å². The molecule has 22 heavy (non-hydrogen) atoms. The van der Waals surface area contributed by atoms with Gasteiger partial charge in [0.05, 0.1) is 17.8 Å². The number of carbonyl (C=O) groups excluding carboxylic acids is 3. The second-order valence-electron chi connectivity index (χ2n) is 7.02. The number of hydrogen-bond acceptors (Lipinski definition) is 3. The molecular weight excluding hydrogens is 297 g/mol. The molecule has 0 aromatic rings. The maximum Gasteiger partial charge on any atom is 0.389 e. The van der Waals surface area contributed by atoms with E-state index in [-0.39, 0.29) is 11.4 Å². The Morgan fingerprint density at radius 2 is 1.64 bits per heavy atom. The van der Waals surface area contributed by atoms with Crippen molar-refractivity contribution in [3.05, 3.63) is 12.2 Å². The maximum atomic E-state index is 12.5. The van der Waals surface area contributed by atoms with Crippen molar-refractivity contribution in [2.75, 3.05) is 0 Å². The lowest BCUT2D eigenvalue weighted by Crippen LogP contribution is -2.55. The van der Waals surface area contributed by atoms with E-state index in [1.54, 1.807) is 13.8 Å². The lowest BCUT2D eigenvalue weighted by atomic mass is 9.56. The third-order valence-corrected chi connectivity index (χ3v) is 4.47. The zero-order chi connectivity index (χ0) is 17.7. The van der Waals surface area contributed by atoms with Gasteiger partial charge in [0.2, 0.25) is 0 Å². The minimum atomic E-state index is -4.49. The zero-order valence-corrected chi connectivity index (χ0v) is 13.4. The Labute approximate surface area is 127 Å². The molecule has 124 valence electrons. The number of alkyl halides is 3. The number of rotatable bonds is 3. The average Bonchev–Trinajstić information content (AvgIpc) is 2.33. The van der Waals surface area contributed by atoms with Crippen molar-refractivity contribution >= 4 is 17.3 Å². The summed E-state index contributed by atoms with van der Waals surface area (Å²) in [5.41, 5.74) is -2.46. The molecule has 0 aromatic heterocycles. The third-order valence-electron chi connectivity index (χ3n) is 4.47. The van der Waals surface area contributed by atoms with Gasteiger partial charge in [0.1, 0.15) is 0 Å². The minimum absolute atomic E-state index is 0.0841. The minimum Gasteiger partial charge on any atom is -0.298 e. The summed E-state index contributed by atoms with van der Waals surface area (Å²) in [5.74, 6) is -4.57. The molecule has 0 aromatic carbocycles. The summed E-state index contributed by atoms with van der Waals surface area (Å²) in [6, 6.07) is 0. The summed E-state index contributed by atoms with van der Waals surface area (Å²) in [7, 11) is 0. The highest BCUT2D eigenvalue weighted by molar-refractivity contribution is 6.21. The van der Waals surface area contributed by atoms with Gasteiger partial charge in [-0.25, -0.2) is 0 Å². The summed E-state index contributed by atoms with van der Waals surface area (Å²) >= 11 is 0. The molecule has 1 saturated carbocycles. The highest BCUT2D eigenvalue weighted by Crippen LogP contribution is 2.47. The number of ketones is 3. The van der Waals surface area contributed by atoms with Gasteiger partial charge in [-0.1, -0.05) is 13.5 Å². The highest BCUT2D eigenvalue weighted by Gasteiger charge is 2.57. The zero-order valence-electron chi connectivity index (χ0n) is 13.4. The van der Waals surface area contributed by atoms with Gasteiger partial charge in [0.15, 0.2) is 17.3 Å². The van der Waals surface area contributed by atoms with Gasteiger partial charge in [-0.15, -0.1) is 0 Å². The van der Waals surface area contributed by atoms with Crippen LogP contribution in [-0.2, 0) is 14.4 Å². The second-order valence-corrected chi connectivity index (χ2v) is 7.02. The van der Waals surface area contributed by atoms with Crippen LogP contribution in [-0.4, -0.2) is 23.5 Å². The molecule has 0 radical (unpaired) electrons. The molecule has 1 rings (SSSR count). The van der Waals surface area contributed by atoms with Crippen molar-refractivity contribution in [2.45, 2.75) is 47.2 Å². The molecule has 0 amide bonds. The van der Waals surface area contributed by atoms with Gasteiger partial charge in [-0.3, -0.25) is 14.4 Å². The first kappa shape index (κ1) is 18.6. The Bertz CT molecular complexity index is 511. The van der Waals surface area contributed by atoms with Crippen LogP contribution >= 0.6 is 0 Å². The van der Waals surface area contributed by atoms with Gasteiger partial charge in [-0.05, 0) is 33.3 Å². The van der Waals surface area contributed by atoms with Gasteiger partial charge < -0.3 is 0 Å². The molecule has 1 aliphatic carbocycles. The lowest BCUT2D eigenvalue weighted by Gasteiger charge is -2.43. The summed E-state index contributed by atoms with van der Waals surface area (Å²) < 4.78 is 37.4. The molecule has 3 nitrogen and oxygen atoms in total. The largest absolute Gasteiger partial charge is 0.389 e. The molecule has 6 heteroatoms. The summed E-state index contributed by atoms with van der Waals surface area (Å²) in [6.45, 7) is 10.7. The van der Waals surface area contributed by atoms with E-state index >= 15 is 0 Å². The fourth-order valence-electron chi connectivity index (χ4n) is 2.95. The monoisotopic (exact) mass is 318 g/mol. The first-order valence-electron chi connectivity index (χ1n) is 7.03. The molecule has 0 heterocycles. The average molecular weight is 318 g/mol. The molecule has 0 spiro atoms. The van der Waals surface area contributed by atoms with Crippen LogP contribution < -0.4 is 0 Å². The molecule has 0 saturated heterocycles. The Kier molecular flexibility index (Phi) is 4.49. The summed E-state index contributed by atoms with van der Waals surface area (Å²) in [4.78, 5) is 37.3. The van der Waals surface area contributed by atoms with Crippen LogP contribution in [0.1, 0.15) is 41.0 Å². The number of carbonyl (C=O) groups is 3. The van der Waals surface area contributed by atoms with E-state index < -0.39 is 46.8 Å². The van der Waals surface area contributed by atoms with Crippen LogP contribution in [0.4, 0.5) is 13.2 Å². The van der Waals surface area contributed by atoms with E-state index in [0.29, 0.717) is 0 Å². The van der Waals surface area contributed by atoms with Crippen molar-refractivity contribution in [1.82, 2.24) is 0 Å². The molecule has 2 atom stereocenters. The lowest BCUT2D eigenvalue weighted by molar-refractivity contribution is -0.159. The van der Waals surface area contributed by atoms with Gasteiger partial charge in [0, 0.05) is 11.3 Å². The number of Topliss-reactive ketones (excluding diaryl/α,β-unsaturated/α-hetero) is 3. The van der Waals surface area contributed by atoms with Gasteiger partial charge in [0.25, 0.3) is 0 Å². The molecule has 2 unspecified atom stereocenters. The van der Waals surface area contributed by atoms with Crippen molar-refractivity contribution in [2.24, 2.45) is 22.7 Å². The van der Waals surface area contributed by atoms with Crippen molar-refractivity contribution < 1.29 is 27.6 Å². The van der Waals surface area contributed by atoms with Crippen LogP contribution in [0.15, 0.2) is 12.2 Å². The standard InChI is InChI=1S/C16H21F3O3/c1-8(7-16(17,18)19)11(20)10-9(2)14(3,4)13(22)15(5,6)12(10)21/h8,10H,2,7H2,1,3-6H3. The Morgan fingerprint density at radius 1 is 1.18 bits per heavy atom. The molecule has 1 fully saturated rings.